The van der Waals surface area contributed by atoms with E-state index in [0.717, 1.165) is 5.75 Å². The fourth-order valence-corrected chi connectivity index (χ4v) is 1.11. The van der Waals surface area contributed by atoms with E-state index in [-0.39, 0.29) is 0 Å². The molecule has 53 valence electrons. The normalized spacial score (nSPS) is 9.00. The van der Waals surface area contributed by atoms with E-state index in [2.05, 4.69) is 11.7 Å². The minimum absolute atomic E-state index is 0.448. The molecule has 0 saturated carbocycles. The zero-order valence-electron chi connectivity index (χ0n) is 5.55. The highest BCUT2D eigenvalue weighted by Crippen LogP contribution is 2.02. The molecule has 2 nitrogen and oxygen atoms in total. The second kappa shape index (κ2) is 7.82. The molecule has 0 aliphatic rings. The minimum Gasteiger partial charge on any atom is -0.446 e. The maximum Gasteiger partial charge on any atom is 0.418 e. The molecule has 0 unspecified atom stereocenters. The second-order valence-electron chi connectivity index (χ2n) is 1.61. The number of hydrogen-bond donors (Lipinski definition) is 0. The largest absolute Gasteiger partial charge is 0.446 e. The van der Waals surface area contributed by atoms with Crippen LogP contribution in [0.15, 0.2) is 0 Å². The van der Waals surface area contributed by atoms with Crippen molar-refractivity contribution < 1.29 is 9.53 Å². The Hall–Kier alpha value is -0.180. The zero-order chi connectivity index (χ0) is 6.95. The van der Waals surface area contributed by atoms with E-state index in [4.69, 9.17) is 0 Å². The van der Waals surface area contributed by atoms with E-state index in [0.29, 0.717) is 5.94 Å². The van der Waals surface area contributed by atoms with Crippen LogP contribution in [0.2, 0.25) is 0 Å². The fourth-order valence-electron chi connectivity index (χ4n) is 0.371. The van der Waals surface area contributed by atoms with E-state index in [1.165, 1.54) is 19.3 Å². The molecule has 3 heteroatoms. The molecule has 0 spiro atoms. The Kier molecular flexibility index (Phi) is 7.66. The van der Waals surface area contributed by atoms with E-state index < -0.39 is 0 Å². The third-order valence-electron chi connectivity index (χ3n) is 0.843. The van der Waals surface area contributed by atoms with Crippen molar-refractivity contribution >= 4 is 18.2 Å². The Morgan fingerprint density at radius 2 is 2.44 bits per heavy atom. The van der Waals surface area contributed by atoms with Crippen molar-refractivity contribution in [1.82, 2.24) is 0 Å². The molecule has 0 heterocycles. The fraction of sp³-hybridized carbons (Fsp3) is 0.833. The van der Waals surface area contributed by atoms with Crippen LogP contribution in [0.5, 0.6) is 0 Å². The van der Waals surface area contributed by atoms with Crippen LogP contribution < -0.4 is 0 Å². The zero-order valence-corrected chi connectivity index (χ0v) is 6.37. The molecule has 0 atom stereocenters. The first-order valence-electron chi connectivity index (χ1n) is 2.98. The summed E-state index contributed by atoms with van der Waals surface area (Å²) in [5, 5.41) is 0. The average Bonchev–Trinajstić information content (AvgIpc) is 1.89. The van der Waals surface area contributed by atoms with Crippen LogP contribution in [0.4, 0.5) is 0 Å². The molecule has 0 aromatic carbocycles. The third kappa shape index (κ3) is 7.82. The van der Waals surface area contributed by atoms with Crippen LogP contribution in [0, 0.1) is 0 Å². The van der Waals surface area contributed by atoms with Crippen LogP contribution in [-0.2, 0) is 9.53 Å². The summed E-state index contributed by atoms with van der Waals surface area (Å²) in [4.78, 5) is 9.48. The molecule has 9 heavy (non-hydrogen) atoms. The van der Waals surface area contributed by atoms with Crippen molar-refractivity contribution in [3.05, 3.63) is 0 Å². The summed E-state index contributed by atoms with van der Waals surface area (Å²) in [6.45, 7) is 3.51. The highest BCUT2D eigenvalue weighted by molar-refractivity contribution is 7.99. The lowest BCUT2D eigenvalue weighted by Gasteiger charge is -1.95. The SMILES string of the molecule is CCCCSCO[C]=O. The predicted octanol–water partition coefficient (Wildman–Crippen LogP) is 1.56. The van der Waals surface area contributed by atoms with Gasteiger partial charge in [-0.15, -0.1) is 11.8 Å². The van der Waals surface area contributed by atoms with E-state index >= 15 is 0 Å². The second-order valence-corrected chi connectivity index (χ2v) is 2.66. The number of unbranched alkanes of at least 4 members (excludes halogenated alkanes) is 1. The Bertz CT molecular complexity index is 66.1. The van der Waals surface area contributed by atoms with E-state index in [9.17, 15) is 4.79 Å². The Morgan fingerprint density at radius 1 is 1.67 bits per heavy atom. The predicted molar refractivity (Wildman–Crippen MR) is 39.0 cm³/mol. The lowest BCUT2D eigenvalue weighted by molar-refractivity contribution is 0.337. The summed E-state index contributed by atoms with van der Waals surface area (Å²) in [7, 11) is 0. The van der Waals surface area contributed by atoms with Crippen molar-refractivity contribution in [3.63, 3.8) is 0 Å². The van der Waals surface area contributed by atoms with Gasteiger partial charge in [0.25, 0.3) is 0 Å². The third-order valence-corrected chi connectivity index (χ3v) is 1.71. The van der Waals surface area contributed by atoms with Crippen LogP contribution in [0.1, 0.15) is 19.8 Å². The van der Waals surface area contributed by atoms with Crippen molar-refractivity contribution in [2.75, 3.05) is 11.7 Å². The first-order chi connectivity index (χ1) is 4.41. The average molecular weight is 147 g/mol. The molecule has 0 N–H and O–H groups in total. The molecule has 0 aromatic rings. The van der Waals surface area contributed by atoms with Gasteiger partial charge in [-0.1, -0.05) is 13.3 Å². The van der Waals surface area contributed by atoms with Gasteiger partial charge in [0, 0.05) is 0 Å². The van der Waals surface area contributed by atoms with Gasteiger partial charge in [0.05, 0.1) is 0 Å². The quantitative estimate of drug-likeness (QED) is 0.421. The summed E-state index contributed by atoms with van der Waals surface area (Å²) in [6.07, 6.45) is 2.38. The van der Waals surface area contributed by atoms with E-state index in [1.54, 1.807) is 11.8 Å². The van der Waals surface area contributed by atoms with Gasteiger partial charge in [-0.3, -0.25) is 0 Å². The summed E-state index contributed by atoms with van der Waals surface area (Å²) >= 11 is 1.62. The summed E-state index contributed by atoms with van der Waals surface area (Å²) in [5.74, 6) is 1.52. The molecule has 0 rings (SSSR count). The molecule has 0 aliphatic carbocycles. The number of thioether (sulfide) groups is 1. The monoisotopic (exact) mass is 147 g/mol. The van der Waals surface area contributed by atoms with Gasteiger partial charge < -0.3 is 4.74 Å². The van der Waals surface area contributed by atoms with Gasteiger partial charge in [-0.2, -0.15) is 0 Å². The van der Waals surface area contributed by atoms with Crippen LogP contribution in [0.25, 0.3) is 0 Å². The maximum absolute atomic E-state index is 9.48. The molecule has 0 saturated heterocycles. The molecular weight excluding hydrogens is 136 g/mol. The standard InChI is InChI=1S/C6H11O2S/c1-2-3-4-9-6-8-5-7/h2-4,6H2,1H3. The number of rotatable bonds is 6. The van der Waals surface area contributed by atoms with Crippen molar-refractivity contribution in [2.45, 2.75) is 19.8 Å². The Morgan fingerprint density at radius 3 is 3.00 bits per heavy atom. The molecule has 0 amide bonds. The van der Waals surface area contributed by atoms with Crippen LogP contribution in [-0.4, -0.2) is 18.2 Å². The first-order valence-corrected chi connectivity index (χ1v) is 4.14. The van der Waals surface area contributed by atoms with Gasteiger partial charge in [-0.25, -0.2) is 4.79 Å². The number of carbonyl (C=O) groups excluding carboxylic acids is 1. The Labute approximate surface area is 60.0 Å². The highest BCUT2D eigenvalue weighted by Gasteiger charge is 1.86. The molecule has 0 fully saturated rings. The smallest absolute Gasteiger partial charge is 0.418 e. The van der Waals surface area contributed by atoms with E-state index in [1.807, 2.05) is 0 Å². The minimum atomic E-state index is 0.448. The molecule has 1 radical (unpaired) electrons. The molecule has 0 bridgehead atoms. The van der Waals surface area contributed by atoms with Crippen molar-refractivity contribution in [1.29, 1.82) is 0 Å². The van der Waals surface area contributed by atoms with Crippen molar-refractivity contribution in [3.8, 4) is 0 Å². The first kappa shape index (κ1) is 8.82. The van der Waals surface area contributed by atoms with Gasteiger partial charge in [0.1, 0.15) is 5.94 Å². The van der Waals surface area contributed by atoms with Crippen LogP contribution >= 0.6 is 11.8 Å². The molecule has 0 aliphatic heterocycles. The molecular formula is C6H11O2S. The summed E-state index contributed by atoms with van der Waals surface area (Å²) in [6, 6.07) is 0. The van der Waals surface area contributed by atoms with Crippen molar-refractivity contribution in [2.24, 2.45) is 0 Å². The maximum atomic E-state index is 9.48. The Balaban J connectivity index is 2.66. The summed E-state index contributed by atoms with van der Waals surface area (Å²) < 4.78 is 4.34. The van der Waals surface area contributed by atoms with Gasteiger partial charge in [0.15, 0.2) is 0 Å². The summed E-state index contributed by atoms with van der Waals surface area (Å²) in [5.41, 5.74) is 0. The van der Waals surface area contributed by atoms with Gasteiger partial charge in [-0.05, 0) is 12.2 Å². The van der Waals surface area contributed by atoms with Crippen LogP contribution in [0.3, 0.4) is 0 Å². The topological polar surface area (TPSA) is 26.3 Å². The highest BCUT2D eigenvalue weighted by atomic mass is 32.2. The molecule has 0 aromatic heterocycles. The lowest BCUT2D eigenvalue weighted by Crippen LogP contribution is -1.87. The lowest BCUT2D eigenvalue weighted by atomic mass is 10.4. The van der Waals surface area contributed by atoms with Gasteiger partial charge in [0.2, 0.25) is 0 Å². The van der Waals surface area contributed by atoms with Gasteiger partial charge >= 0.3 is 6.47 Å². The number of ether oxygens (including phenoxy) is 1. The number of hydrogen-bond acceptors (Lipinski definition) is 3.